The maximum atomic E-state index is 12.7. The van der Waals surface area contributed by atoms with Crippen LogP contribution in [0.4, 0.5) is 29.5 Å². The molecule has 6 nitrogen and oxygen atoms in total. The van der Waals surface area contributed by atoms with Gasteiger partial charge in [0.05, 0.1) is 0 Å². The molecule has 0 spiro atoms. The molecule has 0 atom stereocenters. The lowest BCUT2D eigenvalue weighted by atomic mass is 10.0. The lowest BCUT2D eigenvalue weighted by molar-refractivity contribution is -0.144. The summed E-state index contributed by atoms with van der Waals surface area (Å²) in [5, 5.41) is 2.83. The van der Waals surface area contributed by atoms with Crippen molar-refractivity contribution in [2.75, 3.05) is 18.4 Å². The number of nitrogens with zero attached hydrogens (tertiary/aromatic N) is 3. The number of carbonyl (C=O) groups excluding carboxylic acids is 1. The Kier molecular flexibility index (Phi) is 5.50. The fraction of sp³-hybridized carbons (Fsp3) is 0.350. The van der Waals surface area contributed by atoms with E-state index in [9.17, 15) is 18.0 Å². The van der Waals surface area contributed by atoms with E-state index < -0.39 is 17.6 Å². The van der Waals surface area contributed by atoms with Gasteiger partial charge in [-0.3, -0.25) is 0 Å². The molecular weight excluding hydrogens is 385 g/mol. The molecule has 0 saturated carbocycles. The van der Waals surface area contributed by atoms with E-state index in [2.05, 4.69) is 15.3 Å². The summed E-state index contributed by atoms with van der Waals surface area (Å²) in [5.41, 5.74) is 2.09. The van der Waals surface area contributed by atoms with E-state index in [0.717, 1.165) is 17.3 Å². The molecule has 0 radical (unpaired) electrons. The second-order valence-corrected chi connectivity index (χ2v) is 7.65. The van der Waals surface area contributed by atoms with Crippen molar-refractivity contribution in [1.29, 1.82) is 0 Å². The Bertz CT molecular complexity index is 911. The van der Waals surface area contributed by atoms with E-state index in [0.29, 0.717) is 18.8 Å². The largest absolute Gasteiger partial charge is 0.451 e. The molecule has 2 heterocycles. The van der Waals surface area contributed by atoms with E-state index >= 15 is 0 Å². The lowest BCUT2D eigenvalue weighted by Crippen LogP contribution is -2.46. The second kappa shape index (κ2) is 7.73. The van der Waals surface area contributed by atoms with Crippen LogP contribution in [0.15, 0.2) is 42.1 Å². The summed E-state index contributed by atoms with van der Waals surface area (Å²) in [6.45, 7) is 6.49. The number of anilines is 2. The normalized spacial score (nSPS) is 14.3. The standard InChI is InChI=1S/C20H21F3N4O2/c1-19(2,3)29-18(28)27-11-14(12-27)10-13-4-6-15(7-5-13)25-16-8-9-24-17(26-16)20(21,22)23/h4-10H,11-12H2,1-3H3,(H,24,25,26). The van der Waals surface area contributed by atoms with Crippen LogP contribution in [0.1, 0.15) is 32.2 Å². The summed E-state index contributed by atoms with van der Waals surface area (Å²) in [4.78, 5) is 20.2. The number of rotatable bonds is 3. The summed E-state index contributed by atoms with van der Waals surface area (Å²) < 4.78 is 43.4. The third kappa shape index (κ3) is 5.69. The molecule has 1 fully saturated rings. The minimum absolute atomic E-state index is 0.0606. The molecule has 1 aromatic carbocycles. The smallest absolute Gasteiger partial charge is 0.444 e. The van der Waals surface area contributed by atoms with Crippen LogP contribution >= 0.6 is 0 Å². The topological polar surface area (TPSA) is 67.3 Å². The number of likely N-dealkylation sites (tertiary alicyclic amines) is 1. The van der Waals surface area contributed by atoms with Gasteiger partial charge in [0, 0.05) is 25.0 Å². The number of hydrogen-bond acceptors (Lipinski definition) is 5. The minimum Gasteiger partial charge on any atom is -0.444 e. The maximum Gasteiger partial charge on any atom is 0.451 e. The highest BCUT2D eigenvalue weighted by Gasteiger charge is 2.34. The molecule has 1 aliphatic rings. The second-order valence-electron chi connectivity index (χ2n) is 7.65. The molecule has 0 aliphatic carbocycles. The van der Waals surface area contributed by atoms with Crippen LogP contribution in [0.2, 0.25) is 0 Å². The van der Waals surface area contributed by atoms with Gasteiger partial charge in [-0.25, -0.2) is 14.8 Å². The molecule has 0 bridgehead atoms. The molecule has 9 heteroatoms. The third-order valence-corrected chi connectivity index (χ3v) is 3.90. The van der Waals surface area contributed by atoms with Gasteiger partial charge < -0.3 is 15.0 Å². The minimum atomic E-state index is -4.59. The summed E-state index contributed by atoms with van der Waals surface area (Å²) in [7, 11) is 0. The van der Waals surface area contributed by atoms with Crippen molar-refractivity contribution in [2.45, 2.75) is 32.5 Å². The highest BCUT2D eigenvalue weighted by atomic mass is 19.4. The van der Waals surface area contributed by atoms with E-state index in [4.69, 9.17) is 4.74 Å². The van der Waals surface area contributed by atoms with Gasteiger partial charge >= 0.3 is 12.3 Å². The Hall–Kier alpha value is -3.10. The number of benzene rings is 1. The molecule has 1 aliphatic heterocycles. The van der Waals surface area contributed by atoms with Crippen LogP contribution < -0.4 is 5.32 Å². The van der Waals surface area contributed by atoms with E-state index in [1.165, 1.54) is 6.07 Å². The van der Waals surface area contributed by atoms with E-state index in [1.807, 2.05) is 39.0 Å². The highest BCUT2D eigenvalue weighted by Crippen LogP contribution is 2.27. The Morgan fingerprint density at radius 1 is 1.14 bits per heavy atom. The van der Waals surface area contributed by atoms with E-state index in [1.54, 1.807) is 17.0 Å². The first-order chi connectivity index (χ1) is 13.5. The van der Waals surface area contributed by atoms with Gasteiger partial charge in [-0.15, -0.1) is 0 Å². The first-order valence-corrected chi connectivity index (χ1v) is 8.94. The highest BCUT2D eigenvalue weighted by molar-refractivity contribution is 5.72. The molecule has 1 N–H and O–H groups in total. The fourth-order valence-corrected chi connectivity index (χ4v) is 2.60. The summed E-state index contributed by atoms with van der Waals surface area (Å²) in [6.07, 6.45) is -1.90. The van der Waals surface area contributed by atoms with Crippen molar-refractivity contribution >= 4 is 23.7 Å². The number of amides is 1. The zero-order valence-corrected chi connectivity index (χ0v) is 16.2. The summed E-state index contributed by atoms with van der Waals surface area (Å²) in [6, 6.07) is 8.51. The predicted molar refractivity (Wildman–Crippen MR) is 103 cm³/mol. The van der Waals surface area contributed by atoms with Crippen molar-refractivity contribution < 1.29 is 22.7 Å². The van der Waals surface area contributed by atoms with Gasteiger partial charge in [0.2, 0.25) is 5.82 Å². The van der Waals surface area contributed by atoms with Crippen LogP contribution in [0, 0.1) is 0 Å². The van der Waals surface area contributed by atoms with Crippen molar-refractivity contribution in [3.05, 3.63) is 53.5 Å². The van der Waals surface area contributed by atoms with Gasteiger partial charge in [-0.05, 0) is 50.1 Å². The molecule has 0 unspecified atom stereocenters. The van der Waals surface area contributed by atoms with Gasteiger partial charge in [0.15, 0.2) is 0 Å². The Balaban J connectivity index is 1.58. The Morgan fingerprint density at radius 3 is 2.38 bits per heavy atom. The number of hydrogen-bond donors (Lipinski definition) is 1. The number of halogens is 3. The average Bonchev–Trinajstić information content (AvgIpc) is 2.57. The first kappa shape index (κ1) is 20.6. The SMILES string of the molecule is CC(C)(C)OC(=O)N1CC(=Cc2ccc(Nc3ccnc(C(F)(F)F)n3)cc2)C1. The first-order valence-electron chi connectivity index (χ1n) is 8.94. The Labute approximate surface area is 166 Å². The molecule has 3 rings (SSSR count). The van der Waals surface area contributed by atoms with Gasteiger partial charge in [0.25, 0.3) is 0 Å². The van der Waals surface area contributed by atoms with Gasteiger partial charge in [-0.1, -0.05) is 18.2 Å². The van der Waals surface area contributed by atoms with Gasteiger partial charge in [0.1, 0.15) is 11.4 Å². The summed E-state index contributed by atoms with van der Waals surface area (Å²) in [5.74, 6) is -1.13. The van der Waals surface area contributed by atoms with Crippen LogP contribution in [0.3, 0.4) is 0 Å². The third-order valence-electron chi connectivity index (χ3n) is 3.90. The van der Waals surface area contributed by atoms with Crippen LogP contribution in [-0.2, 0) is 10.9 Å². The molecule has 154 valence electrons. The van der Waals surface area contributed by atoms with Crippen molar-refractivity contribution in [2.24, 2.45) is 0 Å². The molecule has 29 heavy (non-hydrogen) atoms. The zero-order valence-electron chi connectivity index (χ0n) is 16.2. The number of ether oxygens (including phenoxy) is 1. The maximum absolute atomic E-state index is 12.7. The monoisotopic (exact) mass is 406 g/mol. The number of alkyl halides is 3. The van der Waals surface area contributed by atoms with Crippen LogP contribution in [0.5, 0.6) is 0 Å². The van der Waals surface area contributed by atoms with Crippen molar-refractivity contribution in [3.63, 3.8) is 0 Å². The lowest BCUT2D eigenvalue weighted by Gasteiger charge is -2.35. The predicted octanol–water partition coefficient (Wildman–Crippen LogP) is 4.87. The molecule has 2 aromatic rings. The van der Waals surface area contributed by atoms with Crippen LogP contribution in [0.25, 0.3) is 6.08 Å². The number of aromatic nitrogens is 2. The fourth-order valence-electron chi connectivity index (χ4n) is 2.60. The van der Waals surface area contributed by atoms with Crippen molar-refractivity contribution in [3.8, 4) is 0 Å². The summed E-state index contributed by atoms with van der Waals surface area (Å²) >= 11 is 0. The number of carbonyl (C=O) groups is 1. The number of nitrogens with one attached hydrogen (secondary N) is 1. The van der Waals surface area contributed by atoms with Gasteiger partial charge in [-0.2, -0.15) is 13.2 Å². The van der Waals surface area contributed by atoms with Crippen molar-refractivity contribution in [1.82, 2.24) is 14.9 Å². The quantitative estimate of drug-likeness (QED) is 0.788. The van der Waals surface area contributed by atoms with E-state index in [-0.39, 0.29) is 11.9 Å². The van der Waals surface area contributed by atoms with Crippen LogP contribution in [-0.4, -0.2) is 39.7 Å². The molecular formula is C20H21F3N4O2. The molecule has 1 aromatic heterocycles. The average molecular weight is 406 g/mol. The molecule has 1 amide bonds. The molecule has 1 saturated heterocycles. The zero-order chi connectivity index (χ0) is 21.2. The Morgan fingerprint density at radius 2 is 1.79 bits per heavy atom.